The van der Waals surface area contributed by atoms with Gasteiger partial charge in [-0.15, -0.1) is 0 Å². The van der Waals surface area contributed by atoms with Crippen LogP contribution in [-0.2, 0) is 11.1 Å². The fraction of sp³-hybridized carbons (Fsp3) is 0.357. The topological polar surface area (TPSA) is 59.8 Å². The summed E-state index contributed by atoms with van der Waals surface area (Å²) in [6.07, 6.45) is 5.58. The Morgan fingerprint density at radius 2 is 1.71 bits per heavy atom. The van der Waals surface area contributed by atoms with E-state index in [2.05, 4.69) is 64.4 Å². The number of aromatic nitrogens is 3. The average molecular weight is 479 g/mol. The Balaban J connectivity index is 0.000000970. The van der Waals surface area contributed by atoms with Crippen molar-refractivity contribution in [1.29, 1.82) is 0 Å². The Labute approximate surface area is 205 Å². The molecule has 0 bridgehead atoms. The van der Waals surface area contributed by atoms with Gasteiger partial charge in [-0.1, -0.05) is 52.0 Å². The summed E-state index contributed by atoms with van der Waals surface area (Å²) in [7, 11) is -1.98. The van der Waals surface area contributed by atoms with Crippen LogP contribution in [0.4, 0.5) is 11.6 Å². The van der Waals surface area contributed by atoms with E-state index in [-0.39, 0.29) is 0 Å². The van der Waals surface area contributed by atoms with E-state index in [1.807, 2.05) is 59.2 Å². The van der Waals surface area contributed by atoms with Crippen molar-refractivity contribution in [2.24, 2.45) is 0 Å². The molecule has 0 aliphatic carbocycles. The molecule has 4 aromatic rings. The number of anilines is 2. The van der Waals surface area contributed by atoms with Gasteiger partial charge in [0, 0.05) is 47.3 Å². The minimum absolute atomic E-state index is 0.580. The second kappa shape index (κ2) is 13.1. The number of benzene rings is 2. The lowest BCUT2D eigenvalue weighted by Gasteiger charge is -2.10. The second-order valence-corrected chi connectivity index (χ2v) is 11.8. The molecule has 0 saturated heterocycles. The monoisotopic (exact) mass is 478 g/mol. The third-order valence-electron chi connectivity index (χ3n) is 5.12. The highest BCUT2D eigenvalue weighted by Gasteiger charge is 2.11. The van der Waals surface area contributed by atoms with Gasteiger partial charge in [0.15, 0.2) is 0 Å². The van der Waals surface area contributed by atoms with Crippen LogP contribution in [-0.4, -0.2) is 34.0 Å². The van der Waals surface area contributed by atoms with Gasteiger partial charge in [-0.05, 0) is 62.6 Å². The Kier molecular flexibility index (Phi) is 10.5. The molecule has 0 fully saturated rings. The maximum absolute atomic E-state index is 12.0. The molecule has 1 N–H and O–H groups in total. The highest BCUT2D eigenvalue weighted by Crippen LogP contribution is 2.36. The quantitative estimate of drug-likeness (QED) is 0.272. The van der Waals surface area contributed by atoms with Crippen LogP contribution in [0.25, 0.3) is 22.2 Å². The van der Waals surface area contributed by atoms with E-state index >= 15 is 0 Å². The Morgan fingerprint density at radius 1 is 0.971 bits per heavy atom. The van der Waals surface area contributed by atoms with Crippen LogP contribution >= 0.6 is 7.14 Å². The summed E-state index contributed by atoms with van der Waals surface area (Å²) in [5.74, 6) is 0.580. The van der Waals surface area contributed by atoms with Gasteiger partial charge in [-0.3, -0.25) is 0 Å². The number of nitrogens with one attached hydrogen (secondary N) is 1. The zero-order chi connectivity index (χ0) is 25.1. The van der Waals surface area contributed by atoms with Crippen LogP contribution in [0.1, 0.15) is 39.7 Å². The molecule has 2 aromatic heterocycles. The first kappa shape index (κ1) is 27.3. The molecule has 4 rings (SSSR count). The molecule has 34 heavy (non-hydrogen) atoms. The van der Waals surface area contributed by atoms with Crippen LogP contribution < -0.4 is 5.32 Å². The van der Waals surface area contributed by atoms with Crippen molar-refractivity contribution < 1.29 is 4.57 Å². The number of rotatable bonds is 7. The van der Waals surface area contributed by atoms with E-state index in [4.69, 9.17) is 4.98 Å². The summed E-state index contributed by atoms with van der Waals surface area (Å²) < 4.78 is 14.2. The van der Waals surface area contributed by atoms with Gasteiger partial charge in [-0.25, -0.2) is 9.97 Å². The predicted octanol–water partition coefficient (Wildman–Crippen LogP) is 8.22. The molecule has 2 heterocycles. The number of hydrogen-bond donors (Lipinski definition) is 1. The fourth-order valence-corrected chi connectivity index (χ4v) is 4.59. The summed E-state index contributed by atoms with van der Waals surface area (Å²) in [5.41, 5.74) is 5.29. The second-order valence-electron chi connectivity index (χ2n) is 8.16. The molecule has 0 radical (unpaired) electrons. The van der Waals surface area contributed by atoms with Crippen molar-refractivity contribution in [2.75, 3.05) is 24.8 Å². The minimum atomic E-state index is -1.98. The highest BCUT2D eigenvalue weighted by atomic mass is 31.2. The van der Waals surface area contributed by atoms with Crippen LogP contribution in [0.15, 0.2) is 67.0 Å². The molecule has 0 saturated carbocycles. The average Bonchev–Trinajstić information content (AvgIpc) is 3.24. The lowest BCUT2D eigenvalue weighted by molar-refractivity contribution is 0.577. The van der Waals surface area contributed by atoms with Crippen molar-refractivity contribution >= 4 is 29.7 Å². The summed E-state index contributed by atoms with van der Waals surface area (Å²) in [6, 6.07) is 18.5. The third-order valence-corrected chi connectivity index (χ3v) is 6.51. The van der Waals surface area contributed by atoms with Gasteiger partial charge in [0.1, 0.15) is 0 Å². The molecular weight excluding hydrogens is 439 g/mol. The van der Waals surface area contributed by atoms with Crippen LogP contribution in [0.5, 0.6) is 0 Å². The first-order chi connectivity index (χ1) is 16.4. The molecule has 0 spiro atoms. The van der Waals surface area contributed by atoms with Gasteiger partial charge in [0.25, 0.3) is 0 Å². The molecule has 0 unspecified atom stereocenters. The maximum Gasteiger partial charge on any atom is 0.227 e. The molecule has 5 nitrogen and oxygen atoms in total. The lowest BCUT2D eigenvalue weighted by Crippen LogP contribution is -1.99. The first-order valence-electron chi connectivity index (χ1n) is 12.2. The van der Waals surface area contributed by atoms with E-state index in [1.54, 1.807) is 6.20 Å². The van der Waals surface area contributed by atoms with E-state index in [0.717, 1.165) is 41.5 Å². The lowest BCUT2D eigenvalue weighted by atomic mass is 10.1. The fourth-order valence-electron chi connectivity index (χ4n) is 3.68. The predicted molar refractivity (Wildman–Crippen MR) is 149 cm³/mol. The number of hydrogen-bond acceptors (Lipinski definition) is 4. The first-order valence-corrected chi connectivity index (χ1v) is 15.0. The summed E-state index contributed by atoms with van der Waals surface area (Å²) in [5, 5.41) is 4.46. The van der Waals surface area contributed by atoms with E-state index in [0.29, 0.717) is 5.95 Å². The van der Waals surface area contributed by atoms with Crippen LogP contribution in [0.2, 0.25) is 0 Å². The number of fused-ring (bicyclic) bond motifs is 1. The van der Waals surface area contributed by atoms with Gasteiger partial charge < -0.3 is 14.4 Å². The van der Waals surface area contributed by atoms with E-state index in [1.165, 1.54) is 11.1 Å². The zero-order valence-electron chi connectivity index (χ0n) is 21.7. The zero-order valence-corrected chi connectivity index (χ0v) is 22.6. The van der Waals surface area contributed by atoms with E-state index < -0.39 is 7.14 Å². The van der Waals surface area contributed by atoms with Crippen LogP contribution in [0, 0.1) is 6.92 Å². The molecule has 182 valence electrons. The van der Waals surface area contributed by atoms with Crippen LogP contribution in [0.3, 0.4) is 0 Å². The normalized spacial score (nSPS) is 10.7. The highest BCUT2D eigenvalue weighted by molar-refractivity contribution is 7.62. The molecule has 0 aliphatic rings. The summed E-state index contributed by atoms with van der Waals surface area (Å²) in [4.78, 5) is 9.14. The molecule has 0 amide bonds. The van der Waals surface area contributed by atoms with Gasteiger partial charge in [0.2, 0.25) is 5.95 Å². The SMILES string of the molecule is CC.CC.Cc1cccc(Nc2nccc(-c3cccc4c3ccn4CCCP(C)(C)=O)n2)c1. The number of nitrogens with zero attached hydrogens (tertiary/aromatic N) is 3. The molecule has 0 atom stereocenters. The van der Waals surface area contributed by atoms with Crippen molar-refractivity contribution in [1.82, 2.24) is 14.5 Å². The summed E-state index contributed by atoms with van der Waals surface area (Å²) in [6.45, 7) is 14.6. The van der Waals surface area contributed by atoms with Gasteiger partial charge in [-0.2, -0.15) is 0 Å². The standard InChI is InChI=1S/C24H27N4OP.2C2H6/c1-18-7-4-8-19(17-18)26-24-25-13-11-22(27-24)20-9-5-10-23-21(20)12-15-28(23)14-6-16-30(2,3)29;2*1-2/h4-5,7-13,15,17H,6,14,16H2,1-3H3,(H,25,26,27);2*1-2H3. The number of aryl methyl sites for hydroxylation is 2. The van der Waals surface area contributed by atoms with Crippen molar-refractivity contribution in [3.63, 3.8) is 0 Å². The van der Waals surface area contributed by atoms with E-state index in [9.17, 15) is 4.57 Å². The molecule has 0 aliphatic heterocycles. The smallest absolute Gasteiger partial charge is 0.227 e. The summed E-state index contributed by atoms with van der Waals surface area (Å²) >= 11 is 0. The third kappa shape index (κ3) is 7.56. The van der Waals surface area contributed by atoms with Gasteiger partial charge >= 0.3 is 0 Å². The van der Waals surface area contributed by atoms with Gasteiger partial charge in [0.05, 0.1) is 12.8 Å². The largest absolute Gasteiger partial charge is 0.347 e. The van der Waals surface area contributed by atoms with Crippen molar-refractivity contribution in [3.05, 3.63) is 72.6 Å². The minimum Gasteiger partial charge on any atom is -0.347 e. The molecular formula is C28H39N4OP. The maximum atomic E-state index is 12.0. The Bertz CT molecular complexity index is 1230. The molecule has 2 aromatic carbocycles. The van der Waals surface area contributed by atoms with Crippen molar-refractivity contribution in [3.8, 4) is 11.3 Å². The Morgan fingerprint density at radius 3 is 2.41 bits per heavy atom. The van der Waals surface area contributed by atoms with Crippen molar-refractivity contribution in [2.45, 2.75) is 47.6 Å². The molecule has 6 heteroatoms. The Hall–Kier alpha value is -2.91.